The highest BCUT2D eigenvalue weighted by Crippen LogP contribution is 2.24. The number of aliphatic imine (C=N–C) groups is 1. The van der Waals surface area contributed by atoms with Crippen LogP contribution in [0.3, 0.4) is 0 Å². The first-order chi connectivity index (χ1) is 7.27. The normalized spacial score (nSPS) is 14.9. The van der Waals surface area contributed by atoms with E-state index in [1.165, 1.54) is 12.8 Å². The number of aromatic hydroxyl groups is 1. The molecule has 0 bridgehead atoms. The SMILES string of the molecule is Cc1c(O)cccc1NC1=NCCCC1.Cl. The largest absolute Gasteiger partial charge is 0.508 e. The van der Waals surface area contributed by atoms with Gasteiger partial charge in [0, 0.05) is 24.2 Å². The molecule has 0 unspecified atom stereocenters. The molecular weight excluding hydrogens is 224 g/mol. The summed E-state index contributed by atoms with van der Waals surface area (Å²) < 4.78 is 0. The number of rotatable bonds is 1. The lowest BCUT2D eigenvalue weighted by Crippen LogP contribution is -2.16. The van der Waals surface area contributed by atoms with Gasteiger partial charge in [0.1, 0.15) is 11.6 Å². The van der Waals surface area contributed by atoms with E-state index in [1.54, 1.807) is 6.07 Å². The van der Waals surface area contributed by atoms with Crippen molar-refractivity contribution in [1.82, 2.24) is 0 Å². The molecule has 0 saturated carbocycles. The van der Waals surface area contributed by atoms with E-state index >= 15 is 0 Å². The second-order valence-electron chi connectivity index (χ2n) is 3.86. The Morgan fingerprint density at radius 1 is 1.31 bits per heavy atom. The molecule has 4 heteroatoms. The van der Waals surface area contributed by atoms with E-state index in [9.17, 15) is 5.11 Å². The van der Waals surface area contributed by atoms with E-state index in [2.05, 4.69) is 10.3 Å². The summed E-state index contributed by atoms with van der Waals surface area (Å²) in [6.45, 7) is 2.82. The quantitative estimate of drug-likeness (QED) is 0.792. The number of halogens is 1. The summed E-state index contributed by atoms with van der Waals surface area (Å²) in [5.74, 6) is 1.37. The minimum atomic E-state index is 0. The van der Waals surface area contributed by atoms with Gasteiger partial charge < -0.3 is 10.4 Å². The summed E-state index contributed by atoms with van der Waals surface area (Å²) >= 11 is 0. The van der Waals surface area contributed by atoms with Crippen LogP contribution in [0.5, 0.6) is 5.75 Å². The number of nitrogens with one attached hydrogen (secondary N) is 1. The number of phenols is 1. The molecule has 0 aromatic heterocycles. The second-order valence-corrected chi connectivity index (χ2v) is 3.86. The number of anilines is 1. The number of benzene rings is 1. The van der Waals surface area contributed by atoms with Crippen LogP contribution in [0.15, 0.2) is 23.2 Å². The third-order valence-corrected chi connectivity index (χ3v) is 2.71. The Bertz CT molecular complexity index is 391. The lowest BCUT2D eigenvalue weighted by molar-refractivity contribution is 0.471. The van der Waals surface area contributed by atoms with Crippen LogP contribution in [-0.2, 0) is 0 Å². The predicted molar refractivity (Wildman–Crippen MR) is 69.9 cm³/mol. The van der Waals surface area contributed by atoms with E-state index in [0.29, 0.717) is 5.75 Å². The molecule has 0 atom stereocenters. The van der Waals surface area contributed by atoms with Crippen LogP contribution in [0.1, 0.15) is 24.8 Å². The average molecular weight is 241 g/mol. The maximum absolute atomic E-state index is 9.55. The first-order valence-corrected chi connectivity index (χ1v) is 5.36. The van der Waals surface area contributed by atoms with Gasteiger partial charge in [-0.1, -0.05) is 6.07 Å². The van der Waals surface area contributed by atoms with Crippen LogP contribution < -0.4 is 5.32 Å². The van der Waals surface area contributed by atoms with Gasteiger partial charge in [0.05, 0.1) is 0 Å². The molecule has 1 aliphatic heterocycles. The van der Waals surface area contributed by atoms with Crippen molar-refractivity contribution in [1.29, 1.82) is 0 Å². The lowest BCUT2D eigenvalue weighted by atomic mass is 10.1. The Labute approximate surface area is 102 Å². The minimum Gasteiger partial charge on any atom is -0.508 e. The second kappa shape index (κ2) is 5.75. The first-order valence-electron chi connectivity index (χ1n) is 5.36. The minimum absolute atomic E-state index is 0. The number of nitrogens with zero attached hydrogens (tertiary/aromatic N) is 1. The number of hydrogen-bond donors (Lipinski definition) is 2. The highest BCUT2D eigenvalue weighted by Gasteiger charge is 2.07. The Morgan fingerprint density at radius 3 is 2.81 bits per heavy atom. The highest BCUT2D eigenvalue weighted by molar-refractivity contribution is 5.96. The van der Waals surface area contributed by atoms with Gasteiger partial charge in [-0.15, -0.1) is 12.4 Å². The van der Waals surface area contributed by atoms with Gasteiger partial charge in [0.25, 0.3) is 0 Å². The van der Waals surface area contributed by atoms with Gasteiger partial charge in [0.15, 0.2) is 0 Å². The predicted octanol–water partition coefficient (Wildman–Crippen LogP) is 3.12. The number of amidine groups is 1. The molecule has 0 spiro atoms. The van der Waals surface area contributed by atoms with E-state index < -0.39 is 0 Å². The fraction of sp³-hybridized carbons (Fsp3) is 0.417. The number of phenolic OH excluding ortho intramolecular Hbond substituents is 1. The summed E-state index contributed by atoms with van der Waals surface area (Å²) in [5, 5.41) is 12.8. The third-order valence-electron chi connectivity index (χ3n) is 2.71. The van der Waals surface area contributed by atoms with Gasteiger partial charge in [-0.2, -0.15) is 0 Å². The molecule has 88 valence electrons. The van der Waals surface area contributed by atoms with E-state index in [0.717, 1.165) is 30.1 Å². The zero-order valence-corrected chi connectivity index (χ0v) is 10.2. The van der Waals surface area contributed by atoms with Gasteiger partial charge >= 0.3 is 0 Å². The molecule has 1 heterocycles. The smallest absolute Gasteiger partial charge is 0.120 e. The fourth-order valence-electron chi connectivity index (χ4n) is 1.71. The van der Waals surface area contributed by atoms with E-state index in [4.69, 9.17) is 0 Å². The standard InChI is InChI=1S/C12H16N2O.ClH/c1-9-10(5-4-6-11(9)15)14-12-7-2-3-8-13-12;/h4-6,15H,2-3,7-8H2,1H3,(H,13,14);1H. The summed E-state index contributed by atoms with van der Waals surface area (Å²) in [7, 11) is 0. The first kappa shape index (κ1) is 12.8. The topological polar surface area (TPSA) is 44.6 Å². The molecule has 0 radical (unpaired) electrons. The van der Waals surface area contributed by atoms with Crippen molar-refractivity contribution in [3.05, 3.63) is 23.8 Å². The summed E-state index contributed by atoms with van der Waals surface area (Å²) in [6, 6.07) is 5.50. The van der Waals surface area contributed by atoms with Gasteiger partial charge in [0.2, 0.25) is 0 Å². The van der Waals surface area contributed by atoms with Crippen molar-refractivity contribution >= 4 is 23.9 Å². The van der Waals surface area contributed by atoms with Gasteiger partial charge in [-0.05, 0) is 31.9 Å². The Kier molecular flexibility index (Phi) is 4.62. The monoisotopic (exact) mass is 240 g/mol. The van der Waals surface area contributed by atoms with Crippen molar-refractivity contribution in [3.63, 3.8) is 0 Å². The molecule has 0 fully saturated rings. The molecular formula is C12H17ClN2O. The molecule has 3 nitrogen and oxygen atoms in total. The van der Waals surface area contributed by atoms with Crippen molar-refractivity contribution in [2.24, 2.45) is 4.99 Å². The molecule has 1 aromatic rings. The molecule has 1 aliphatic rings. The van der Waals surface area contributed by atoms with Crippen LogP contribution in [0.25, 0.3) is 0 Å². The zero-order chi connectivity index (χ0) is 10.7. The molecule has 0 saturated heterocycles. The molecule has 16 heavy (non-hydrogen) atoms. The Balaban J connectivity index is 0.00000128. The van der Waals surface area contributed by atoms with Crippen LogP contribution >= 0.6 is 12.4 Å². The fourth-order valence-corrected chi connectivity index (χ4v) is 1.71. The maximum Gasteiger partial charge on any atom is 0.120 e. The summed E-state index contributed by atoms with van der Waals surface area (Å²) in [6.07, 6.45) is 3.39. The van der Waals surface area contributed by atoms with Crippen LogP contribution in [0, 0.1) is 6.92 Å². The molecule has 2 rings (SSSR count). The van der Waals surface area contributed by atoms with Crippen LogP contribution in [0.4, 0.5) is 5.69 Å². The lowest BCUT2D eigenvalue weighted by Gasteiger charge is -2.15. The van der Waals surface area contributed by atoms with E-state index in [-0.39, 0.29) is 12.4 Å². The summed E-state index contributed by atoms with van der Waals surface area (Å²) in [5.41, 5.74) is 1.83. The Hall–Kier alpha value is -1.22. The van der Waals surface area contributed by atoms with E-state index in [1.807, 2.05) is 19.1 Å². The molecule has 0 aliphatic carbocycles. The van der Waals surface area contributed by atoms with Crippen molar-refractivity contribution in [3.8, 4) is 5.75 Å². The molecule has 1 aromatic carbocycles. The van der Waals surface area contributed by atoms with Crippen molar-refractivity contribution < 1.29 is 5.11 Å². The van der Waals surface area contributed by atoms with Crippen molar-refractivity contribution in [2.75, 3.05) is 11.9 Å². The number of hydrogen-bond acceptors (Lipinski definition) is 3. The zero-order valence-electron chi connectivity index (χ0n) is 9.36. The van der Waals surface area contributed by atoms with Gasteiger partial charge in [-0.25, -0.2) is 0 Å². The third kappa shape index (κ3) is 2.89. The highest BCUT2D eigenvalue weighted by atomic mass is 35.5. The molecule has 0 amide bonds. The maximum atomic E-state index is 9.55. The van der Waals surface area contributed by atoms with Crippen LogP contribution in [-0.4, -0.2) is 17.5 Å². The van der Waals surface area contributed by atoms with Crippen LogP contribution in [0.2, 0.25) is 0 Å². The van der Waals surface area contributed by atoms with Gasteiger partial charge in [-0.3, -0.25) is 4.99 Å². The summed E-state index contributed by atoms with van der Waals surface area (Å²) in [4.78, 5) is 4.42. The average Bonchev–Trinajstić information content (AvgIpc) is 2.26. The Morgan fingerprint density at radius 2 is 2.12 bits per heavy atom. The molecule has 2 N–H and O–H groups in total. The van der Waals surface area contributed by atoms with Crippen molar-refractivity contribution in [2.45, 2.75) is 26.2 Å².